The van der Waals surface area contributed by atoms with Crippen molar-refractivity contribution >= 4 is 35.0 Å². The number of aryl methyl sites for hydroxylation is 1. The van der Waals surface area contributed by atoms with Gasteiger partial charge in [0.25, 0.3) is 0 Å². The number of alkyl halides is 3. The third-order valence-corrected chi connectivity index (χ3v) is 4.88. The first kappa shape index (κ1) is 19.5. The van der Waals surface area contributed by atoms with Crippen LogP contribution in [-0.2, 0) is 11.0 Å². The van der Waals surface area contributed by atoms with Crippen LogP contribution in [0, 0.1) is 6.92 Å². The van der Waals surface area contributed by atoms with Gasteiger partial charge < -0.3 is 5.32 Å². The van der Waals surface area contributed by atoms with Crippen LogP contribution in [0.3, 0.4) is 0 Å². The molecule has 134 valence electrons. The van der Waals surface area contributed by atoms with Crippen LogP contribution in [0.1, 0.15) is 24.6 Å². The number of nitrogens with zero attached hydrogens (tertiary/aromatic N) is 2. The van der Waals surface area contributed by atoms with Crippen LogP contribution in [0.25, 0.3) is 0 Å². The van der Waals surface area contributed by atoms with Gasteiger partial charge in [-0.15, -0.1) is 0 Å². The van der Waals surface area contributed by atoms with Gasteiger partial charge in [-0.25, -0.2) is 9.97 Å². The zero-order valence-corrected chi connectivity index (χ0v) is 15.0. The Balaban J connectivity index is 2.16. The average molecular weight is 390 g/mol. The lowest BCUT2D eigenvalue weighted by molar-refractivity contribution is -0.137. The highest BCUT2D eigenvalue weighted by Crippen LogP contribution is 2.34. The summed E-state index contributed by atoms with van der Waals surface area (Å²) in [5.41, 5.74) is -0.188. The van der Waals surface area contributed by atoms with Crippen molar-refractivity contribution in [3.8, 4) is 0 Å². The molecule has 1 atom stereocenters. The van der Waals surface area contributed by atoms with E-state index in [2.05, 4.69) is 15.3 Å². The molecule has 1 aromatic carbocycles. The molecule has 1 N–H and O–H groups in total. The van der Waals surface area contributed by atoms with Crippen molar-refractivity contribution in [3.63, 3.8) is 0 Å². The Hall–Kier alpha value is -1.80. The molecule has 4 nitrogen and oxygen atoms in total. The fourth-order valence-electron chi connectivity index (χ4n) is 1.97. The summed E-state index contributed by atoms with van der Waals surface area (Å²) in [6, 6.07) is 4.54. The fraction of sp³-hybridized carbons (Fsp3) is 0.312. The van der Waals surface area contributed by atoms with Gasteiger partial charge in [0.15, 0.2) is 0 Å². The van der Waals surface area contributed by atoms with Crippen molar-refractivity contribution in [2.45, 2.75) is 36.7 Å². The first-order chi connectivity index (χ1) is 11.7. The number of halogens is 4. The van der Waals surface area contributed by atoms with E-state index in [0.717, 1.165) is 23.9 Å². The summed E-state index contributed by atoms with van der Waals surface area (Å²) in [7, 11) is 0. The second kappa shape index (κ2) is 8.05. The van der Waals surface area contributed by atoms with Gasteiger partial charge in [-0.1, -0.05) is 30.3 Å². The lowest BCUT2D eigenvalue weighted by atomic mass is 10.2. The number of nitrogens with one attached hydrogen (secondary N) is 1. The molecule has 0 saturated heterocycles. The van der Waals surface area contributed by atoms with Gasteiger partial charge in [0.2, 0.25) is 5.91 Å². The number of benzene rings is 1. The van der Waals surface area contributed by atoms with Crippen molar-refractivity contribution in [3.05, 3.63) is 46.9 Å². The summed E-state index contributed by atoms with van der Waals surface area (Å²) in [6.07, 6.45) is -2.65. The van der Waals surface area contributed by atoms with E-state index in [4.69, 9.17) is 11.6 Å². The zero-order chi connectivity index (χ0) is 18.6. The molecular formula is C16H15ClF3N3OS. The summed E-state index contributed by atoms with van der Waals surface area (Å²) in [6.45, 7) is 3.61. The van der Waals surface area contributed by atoms with Crippen LogP contribution in [0.4, 0.5) is 18.9 Å². The average Bonchev–Trinajstić information content (AvgIpc) is 2.53. The van der Waals surface area contributed by atoms with E-state index < -0.39 is 22.9 Å². The maximum Gasteiger partial charge on any atom is 0.416 e. The molecule has 0 bridgehead atoms. The highest BCUT2D eigenvalue weighted by atomic mass is 35.5. The van der Waals surface area contributed by atoms with E-state index >= 15 is 0 Å². The number of anilines is 1. The first-order valence-corrected chi connectivity index (χ1v) is 8.59. The van der Waals surface area contributed by atoms with Gasteiger partial charge >= 0.3 is 6.18 Å². The Morgan fingerprint density at radius 3 is 2.64 bits per heavy atom. The Morgan fingerprint density at radius 1 is 1.32 bits per heavy atom. The predicted octanol–water partition coefficient (Wildman–Crippen LogP) is 4.97. The molecule has 0 radical (unpaired) electrons. The van der Waals surface area contributed by atoms with Crippen molar-refractivity contribution in [2.75, 3.05) is 5.32 Å². The van der Waals surface area contributed by atoms with Crippen LogP contribution >= 0.6 is 23.4 Å². The summed E-state index contributed by atoms with van der Waals surface area (Å²) in [4.78, 5) is 20.5. The molecular weight excluding hydrogens is 375 g/mol. The van der Waals surface area contributed by atoms with Crippen LogP contribution in [0.2, 0.25) is 5.02 Å². The van der Waals surface area contributed by atoms with Gasteiger partial charge in [-0.2, -0.15) is 13.2 Å². The third-order valence-electron chi connectivity index (χ3n) is 3.26. The van der Waals surface area contributed by atoms with Gasteiger partial charge in [0.1, 0.15) is 11.4 Å². The van der Waals surface area contributed by atoms with E-state index in [1.807, 2.05) is 0 Å². The molecule has 2 rings (SSSR count). The third kappa shape index (κ3) is 5.34. The van der Waals surface area contributed by atoms with Gasteiger partial charge in [-0.05, 0) is 37.6 Å². The topological polar surface area (TPSA) is 54.9 Å². The predicted molar refractivity (Wildman–Crippen MR) is 91.8 cm³/mol. The molecule has 0 fully saturated rings. The number of rotatable bonds is 5. The van der Waals surface area contributed by atoms with Gasteiger partial charge in [-0.3, -0.25) is 4.79 Å². The maximum absolute atomic E-state index is 12.8. The minimum Gasteiger partial charge on any atom is -0.324 e. The number of hydrogen-bond acceptors (Lipinski definition) is 4. The normalized spacial score (nSPS) is 12.7. The molecule has 0 aliphatic carbocycles. The molecule has 1 aromatic heterocycles. The summed E-state index contributed by atoms with van der Waals surface area (Å²) in [5, 5.41) is 2.60. The molecule has 1 unspecified atom stereocenters. The summed E-state index contributed by atoms with van der Waals surface area (Å²) < 4.78 is 38.4. The smallest absolute Gasteiger partial charge is 0.324 e. The van der Waals surface area contributed by atoms with Crippen molar-refractivity contribution in [1.29, 1.82) is 0 Å². The molecule has 2 aromatic rings. The highest BCUT2D eigenvalue weighted by Gasteiger charge is 2.31. The standard InChI is InChI=1S/C16H15ClF3N3OS/c1-3-13(25-14-6-9(2)21-8-22-14)15(24)23-12-7-10(16(18,19)20)4-5-11(12)17/h4-8,13H,3H2,1-2H3,(H,23,24). The SMILES string of the molecule is CCC(Sc1cc(C)ncn1)C(=O)Nc1cc(C(F)(F)F)ccc1Cl. The van der Waals surface area contributed by atoms with Gasteiger partial charge in [0.05, 0.1) is 21.5 Å². The van der Waals surface area contributed by atoms with Crippen LogP contribution in [0.5, 0.6) is 0 Å². The van der Waals surface area contributed by atoms with Crippen molar-refractivity contribution in [2.24, 2.45) is 0 Å². The second-order valence-corrected chi connectivity index (χ2v) is 6.82. The largest absolute Gasteiger partial charge is 0.416 e. The maximum atomic E-state index is 12.8. The van der Waals surface area contributed by atoms with E-state index in [1.54, 1.807) is 19.9 Å². The zero-order valence-electron chi connectivity index (χ0n) is 13.4. The lowest BCUT2D eigenvalue weighted by Crippen LogP contribution is -2.25. The Labute approximate surface area is 152 Å². The van der Waals surface area contributed by atoms with Crippen molar-refractivity contribution in [1.82, 2.24) is 9.97 Å². The van der Waals surface area contributed by atoms with Crippen molar-refractivity contribution < 1.29 is 18.0 Å². The molecule has 0 saturated carbocycles. The number of carbonyl (C=O) groups is 1. The number of aromatic nitrogens is 2. The van der Waals surface area contributed by atoms with E-state index in [1.165, 1.54) is 18.1 Å². The number of hydrogen-bond donors (Lipinski definition) is 1. The fourth-order valence-corrected chi connectivity index (χ4v) is 3.11. The Morgan fingerprint density at radius 2 is 2.04 bits per heavy atom. The molecule has 0 aliphatic heterocycles. The molecule has 0 spiro atoms. The van der Waals surface area contributed by atoms with E-state index in [0.29, 0.717) is 11.4 Å². The minimum atomic E-state index is -4.51. The Bertz CT molecular complexity index is 771. The van der Waals surface area contributed by atoms with Crippen LogP contribution < -0.4 is 5.32 Å². The quantitative estimate of drug-likeness (QED) is 0.579. The lowest BCUT2D eigenvalue weighted by Gasteiger charge is -2.16. The van der Waals surface area contributed by atoms with Crippen LogP contribution in [0.15, 0.2) is 35.6 Å². The van der Waals surface area contributed by atoms with Gasteiger partial charge in [0, 0.05) is 5.69 Å². The van der Waals surface area contributed by atoms with Crippen LogP contribution in [-0.4, -0.2) is 21.1 Å². The number of thioether (sulfide) groups is 1. The molecule has 1 heterocycles. The monoisotopic (exact) mass is 389 g/mol. The van der Waals surface area contributed by atoms with E-state index in [-0.39, 0.29) is 10.7 Å². The second-order valence-electron chi connectivity index (χ2n) is 5.19. The number of carbonyl (C=O) groups excluding carboxylic acids is 1. The Kier molecular flexibility index (Phi) is 6.29. The summed E-state index contributed by atoms with van der Waals surface area (Å²) in [5.74, 6) is -0.440. The molecule has 9 heteroatoms. The minimum absolute atomic E-state index is 0.0408. The first-order valence-electron chi connectivity index (χ1n) is 7.33. The molecule has 1 amide bonds. The highest BCUT2D eigenvalue weighted by molar-refractivity contribution is 8.00. The summed E-state index contributed by atoms with van der Waals surface area (Å²) >= 11 is 7.13. The molecule has 0 aliphatic rings. The molecule has 25 heavy (non-hydrogen) atoms. The number of amides is 1. The van der Waals surface area contributed by atoms with E-state index in [9.17, 15) is 18.0 Å².